The van der Waals surface area contributed by atoms with E-state index in [2.05, 4.69) is 0 Å². The largest absolute Gasteiger partial charge is 0.324 e. The highest BCUT2D eigenvalue weighted by Crippen LogP contribution is 2.24. The third-order valence-corrected chi connectivity index (χ3v) is 2.02. The van der Waals surface area contributed by atoms with Gasteiger partial charge in [0.05, 0.1) is 4.87 Å². The van der Waals surface area contributed by atoms with Crippen molar-refractivity contribution < 1.29 is 0 Å². The van der Waals surface area contributed by atoms with Crippen molar-refractivity contribution in [1.82, 2.24) is 0 Å². The SMILES string of the molecule is CC(C)(N)C(C)(C)Cl. The van der Waals surface area contributed by atoms with Crippen molar-refractivity contribution in [3.05, 3.63) is 0 Å². The van der Waals surface area contributed by atoms with Crippen LogP contribution in [0.25, 0.3) is 0 Å². The highest BCUT2D eigenvalue weighted by molar-refractivity contribution is 6.24. The zero-order chi connectivity index (χ0) is 7.00. The van der Waals surface area contributed by atoms with Crippen molar-refractivity contribution in [2.24, 2.45) is 5.73 Å². The van der Waals surface area contributed by atoms with Gasteiger partial charge in [0.15, 0.2) is 0 Å². The Hall–Kier alpha value is 0.250. The van der Waals surface area contributed by atoms with Crippen LogP contribution in [0.15, 0.2) is 0 Å². The van der Waals surface area contributed by atoms with Gasteiger partial charge in [-0.15, -0.1) is 11.6 Å². The summed E-state index contributed by atoms with van der Waals surface area (Å²) in [7, 11) is 0. The molecule has 0 aromatic carbocycles. The summed E-state index contributed by atoms with van der Waals surface area (Å²) in [5, 5.41) is 0. The minimum Gasteiger partial charge on any atom is -0.324 e. The lowest BCUT2D eigenvalue weighted by Crippen LogP contribution is -2.48. The average Bonchev–Trinajstić information content (AvgIpc) is 1.25. The minimum absolute atomic E-state index is 0.297. The van der Waals surface area contributed by atoms with Crippen LogP contribution in [0.5, 0.6) is 0 Å². The Labute approximate surface area is 56.2 Å². The van der Waals surface area contributed by atoms with Crippen molar-refractivity contribution in [1.29, 1.82) is 0 Å². The molecule has 0 amide bonds. The molecule has 0 rings (SSSR count). The highest BCUT2D eigenvalue weighted by atomic mass is 35.5. The van der Waals surface area contributed by atoms with Crippen LogP contribution in [0.3, 0.4) is 0 Å². The Bertz CT molecular complexity index is 63.5. The molecule has 2 N–H and O–H groups in total. The molecule has 0 saturated heterocycles. The summed E-state index contributed by atoms with van der Waals surface area (Å²) >= 11 is 5.88. The lowest BCUT2D eigenvalue weighted by molar-refractivity contribution is 0.404. The number of halogens is 1. The first-order chi connectivity index (χ1) is 3.25. The molecule has 8 heavy (non-hydrogen) atoms. The first-order valence-electron chi connectivity index (χ1n) is 2.73. The van der Waals surface area contributed by atoms with E-state index in [1.165, 1.54) is 0 Å². The van der Waals surface area contributed by atoms with Gasteiger partial charge in [-0.1, -0.05) is 0 Å². The minimum atomic E-state index is -0.312. The fraction of sp³-hybridized carbons (Fsp3) is 1.00. The molecule has 0 radical (unpaired) electrons. The van der Waals surface area contributed by atoms with Gasteiger partial charge in [0.1, 0.15) is 0 Å². The summed E-state index contributed by atoms with van der Waals surface area (Å²) in [6.45, 7) is 7.66. The maximum absolute atomic E-state index is 5.88. The molecular weight excluding hydrogens is 122 g/mol. The Balaban J connectivity index is 4.02. The van der Waals surface area contributed by atoms with E-state index in [4.69, 9.17) is 17.3 Å². The van der Waals surface area contributed by atoms with Crippen molar-refractivity contribution >= 4 is 11.6 Å². The van der Waals surface area contributed by atoms with Gasteiger partial charge >= 0.3 is 0 Å². The molecule has 0 aliphatic carbocycles. The molecule has 50 valence electrons. The third-order valence-electron chi connectivity index (χ3n) is 1.53. The monoisotopic (exact) mass is 135 g/mol. The normalized spacial score (nSPS) is 14.2. The molecule has 0 aromatic heterocycles. The van der Waals surface area contributed by atoms with E-state index in [0.29, 0.717) is 0 Å². The molecule has 0 bridgehead atoms. The Morgan fingerprint density at radius 1 is 1.12 bits per heavy atom. The predicted octanol–water partition coefficient (Wildman–Crippen LogP) is 1.74. The molecule has 0 saturated carbocycles. The van der Waals surface area contributed by atoms with Crippen LogP contribution in [0.1, 0.15) is 27.7 Å². The summed E-state index contributed by atoms with van der Waals surface area (Å²) in [6.07, 6.45) is 0. The standard InChI is InChI=1S/C6H14ClN/c1-5(2,7)6(3,4)8/h8H2,1-4H3. The van der Waals surface area contributed by atoms with E-state index >= 15 is 0 Å². The van der Waals surface area contributed by atoms with Crippen LogP contribution in [0, 0.1) is 0 Å². The van der Waals surface area contributed by atoms with Gasteiger partial charge in [-0.2, -0.15) is 0 Å². The molecule has 0 unspecified atom stereocenters. The van der Waals surface area contributed by atoms with E-state index < -0.39 is 0 Å². The summed E-state index contributed by atoms with van der Waals surface area (Å²) < 4.78 is 0. The summed E-state index contributed by atoms with van der Waals surface area (Å²) in [5.74, 6) is 0. The number of hydrogen-bond acceptors (Lipinski definition) is 1. The Kier molecular flexibility index (Phi) is 1.95. The molecule has 0 spiro atoms. The molecule has 0 atom stereocenters. The zero-order valence-electron chi connectivity index (χ0n) is 5.96. The van der Waals surface area contributed by atoms with Crippen molar-refractivity contribution in [2.75, 3.05) is 0 Å². The van der Waals surface area contributed by atoms with Crippen LogP contribution in [-0.4, -0.2) is 10.4 Å². The van der Waals surface area contributed by atoms with Crippen LogP contribution in [0.4, 0.5) is 0 Å². The van der Waals surface area contributed by atoms with Crippen LogP contribution in [-0.2, 0) is 0 Å². The van der Waals surface area contributed by atoms with Crippen molar-refractivity contribution in [3.63, 3.8) is 0 Å². The smallest absolute Gasteiger partial charge is 0.0564 e. The second-order valence-corrected chi connectivity index (χ2v) is 4.14. The molecule has 0 aliphatic heterocycles. The van der Waals surface area contributed by atoms with Crippen molar-refractivity contribution in [3.8, 4) is 0 Å². The Morgan fingerprint density at radius 2 is 1.25 bits per heavy atom. The molecule has 1 nitrogen and oxygen atoms in total. The van der Waals surface area contributed by atoms with Gasteiger partial charge in [-0.05, 0) is 27.7 Å². The topological polar surface area (TPSA) is 26.0 Å². The second-order valence-electron chi connectivity index (χ2n) is 3.19. The van der Waals surface area contributed by atoms with Gasteiger partial charge in [-0.25, -0.2) is 0 Å². The van der Waals surface area contributed by atoms with E-state index in [0.717, 1.165) is 0 Å². The maximum atomic E-state index is 5.88. The first kappa shape index (κ1) is 8.25. The summed E-state index contributed by atoms with van der Waals surface area (Å²) in [5.41, 5.74) is 5.38. The molecule has 0 heterocycles. The number of alkyl halides is 1. The molecule has 0 fully saturated rings. The van der Waals surface area contributed by atoms with Crippen LogP contribution in [0.2, 0.25) is 0 Å². The Morgan fingerprint density at radius 3 is 1.25 bits per heavy atom. The van der Waals surface area contributed by atoms with Gasteiger partial charge in [0.2, 0.25) is 0 Å². The first-order valence-corrected chi connectivity index (χ1v) is 3.11. The zero-order valence-corrected chi connectivity index (χ0v) is 6.71. The van der Waals surface area contributed by atoms with Gasteiger partial charge in [0, 0.05) is 5.54 Å². The van der Waals surface area contributed by atoms with Gasteiger partial charge in [0.25, 0.3) is 0 Å². The third kappa shape index (κ3) is 2.01. The molecular formula is C6H14ClN. The molecule has 0 aliphatic rings. The highest BCUT2D eigenvalue weighted by Gasteiger charge is 2.30. The number of rotatable bonds is 1. The van der Waals surface area contributed by atoms with Crippen LogP contribution >= 0.6 is 11.6 Å². The second kappa shape index (κ2) is 1.89. The quantitative estimate of drug-likeness (QED) is 0.545. The van der Waals surface area contributed by atoms with E-state index in [9.17, 15) is 0 Å². The number of nitrogens with two attached hydrogens (primary N) is 1. The molecule has 0 aromatic rings. The lowest BCUT2D eigenvalue weighted by atomic mass is 9.91. The van der Waals surface area contributed by atoms with Gasteiger partial charge < -0.3 is 5.73 Å². The fourth-order valence-electron chi connectivity index (χ4n) is 0. The predicted molar refractivity (Wildman–Crippen MR) is 38.2 cm³/mol. The van der Waals surface area contributed by atoms with Crippen molar-refractivity contribution in [2.45, 2.75) is 38.1 Å². The summed E-state index contributed by atoms with van der Waals surface area (Å²) in [6, 6.07) is 0. The van der Waals surface area contributed by atoms with Gasteiger partial charge in [-0.3, -0.25) is 0 Å². The average molecular weight is 136 g/mol. The molecule has 2 heteroatoms. The number of hydrogen-bond donors (Lipinski definition) is 1. The fourth-order valence-corrected chi connectivity index (χ4v) is 0. The van der Waals surface area contributed by atoms with E-state index in [1.807, 2.05) is 27.7 Å². The van der Waals surface area contributed by atoms with E-state index in [1.54, 1.807) is 0 Å². The lowest BCUT2D eigenvalue weighted by Gasteiger charge is -2.32. The van der Waals surface area contributed by atoms with E-state index in [-0.39, 0.29) is 10.4 Å². The summed E-state index contributed by atoms with van der Waals surface area (Å²) in [4.78, 5) is -0.312. The van der Waals surface area contributed by atoms with Crippen LogP contribution < -0.4 is 5.73 Å². The maximum Gasteiger partial charge on any atom is 0.0564 e.